The molecule has 3 fully saturated rings. The van der Waals surface area contributed by atoms with Gasteiger partial charge in [-0.05, 0) is 67.8 Å². The summed E-state index contributed by atoms with van der Waals surface area (Å²) in [6.07, 6.45) is 2.75. The predicted molar refractivity (Wildman–Crippen MR) is 114 cm³/mol. The molecule has 3 heterocycles. The minimum absolute atomic E-state index is 0. The molecule has 28 heavy (non-hydrogen) atoms. The van der Waals surface area contributed by atoms with Crippen LogP contribution in [0.15, 0.2) is 24.3 Å². The average Bonchev–Trinajstić information content (AvgIpc) is 3.22. The molecular weight excluding hydrogens is 374 g/mol. The van der Waals surface area contributed by atoms with Crippen molar-refractivity contribution in [1.82, 2.24) is 10.2 Å². The van der Waals surface area contributed by atoms with Gasteiger partial charge in [-0.25, -0.2) is 0 Å². The number of fused-ring (bicyclic) bond motifs is 1. The summed E-state index contributed by atoms with van der Waals surface area (Å²) in [5.74, 6) is 1.39. The van der Waals surface area contributed by atoms with E-state index < -0.39 is 5.92 Å². The van der Waals surface area contributed by atoms with Crippen LogP contribution in [0.2, 0.25) is 0 Å². The van der Waals surface area contributed by atoms with E-state index in [0.717, 1.165) is 44.7 Å². The van der Waals surface area contributed by atoms with E-state index in [1.807, 2.05) is 17.0 Å². The highest BCUT2D eigenvalue weighted by Gasteiger charge is 2.41. The Hall–Kier alpha value is -1.59. The lowest BCUT2D eigenvalue weighted by Gasteiger charge is -2.24. The predicted octanol–water partition coefficient (Wildman–Crippen LogP) is 3.04. The Morgan fingerprint density at radius 1 is 1.00 bits per heavy atom. The minimum Gasteiger partial charge on any atom is -0.342 e. The normalized spacial score (nSPS) is 27.5. The van der Waals surface area contributed by atoms with Crippen molar-refractivity contribution in [2.75, 3.05) is 37.6 Å². The molecule has 1 aromatic rings. The number of hydrogen-bond donors (Lipinski definition) is 1. The fourth-order valence-electron chi connectivity index (χ4n) is 4.86. The summed E-state index contributed by atoms with van der Waals surface area (Å²) in [5.41, 5.74) is 2.18. The monoisotopic (exact) mass is 405 g/mol. The maximum Gasteiger partial charge on any atom is 0.239 e. The number of carbonyl (C=O) groups is 2. The van der Waals surface area contributed by atoms with Crippen molar-refractivity contribution in [2.45, 2.75) is 39.0 Å². The number of nitrogens with zero attached hydrogens (tertiary/aromatic N) is 2. The van der Waals surface area contributed by atoms with Crippen LogP contribution >= 0.6 is 12.4 Å². The van der Waals surface area contributed by atoms with E-state index in [-0.39, 0.29) is 24.2 Å². The van der Waals surface area contributed by atoms with E-state index in [9.17, 15) is 9.59 Å². The molecule has 154 valence electrons. The van der Waals surface area contributed by atoms with E-state index in [4.69, 9.17) is 0 Å². The summed E-state index contributed by atoms with van der Waals surface area (Å²) < 4.78 is 0. The third-order valence-electron chi connectivity index (χ3n) is 6.71. The second-order valence-corrected chi connectivity index (χ2v) is 8.66. The number of likely N-dealkylation sites (tertiary alicyclic amines) is 1. The Bertz CT molecular complexity index is 692. The van der Waals surface area contributed by atoms with Crippen molar-refractivity contribution in [3.8, 4) is 0 Å². The van der Waals surface area contributed by atoms with Gasteiger partial charge >= 0.3 is 0 Å². The van der Waals surface area contributed by atoms with Crippen LogP contribution in [0.1, 0.15) is 44.6 Å². The van der Waals surface area contributed by atoms with Crippen molar-refractivity contribution in [3.63, 3.8) is 0 Å². The lowest BCUT2D eigenvalue weighted by Crippen LogP contribution is -2.41. The van der Waals surface area contributed by atoms with Gasteiger partial charge in [0.15, 0.2) is 0 Å². The van der Waals surface area contributed by atoms with Crippen LogP contribution in [-0.4, -0.2) is 49.4 Å². The summed E-state index contributed by atoms with van der Waals surface area (Å²) in [6.45, 7) is 8.72. The van der Waals surface area contributed by atoms with Crippen molar-refractivity contribution in [1.29, 1.82) is 0 Å². The Labute approximate surface area is 174 Å². The van der Waals surface area contributed by atoms with E-state index >= 15 is 0 Å². The van der Waals surface area contributed by atoms with Gasteiger partial charge in [-0.2, -0.15) is 0 Å². The highest BCUT2D eigenvalue weighted by atomic mass is 35.5. The Morgan fingerprint density at radius 3 is 2.18 bits per heavy atom. The number of nitrogens with one attached hydrogen (secondary N) is 1. The van der Waals surface area contributed by atoms with Gasteiger partial charge in [-0.15, -0.1) is 12.4 Å². The molecule has 1 unspecified atom stereocenters. The van der Waals surface area contributed by atoms with Gasteiger partial charge < -0.3 is 15.1 Å². The molecule has 4 rings (SSSR count). The van der Waals surface area contributed by atoms with E-state index in [1.165, 1.54) is 5.56 Å². The van der Waals surface area contributed by atoms with Gasteiger partial charge in [0.05, 0.1) is 0 Å². The summed E-state index contributed by atoms with van der Waals surface area (Å²) in [5, 5.41) is 3.47. The number of benzene rings is 1. The van der Waals surface area contributed by atoms with Crippen molar-refractivity contribution in [3.05, 3.63) is 29.8 Å². The van der Waals surface area contributed by atoms with Crippen LogP contribution in [0.3, 0.4) is 0 Å². The molecular formula is C22H32ClN3O2. The van der Waals surface area contributed by atoms with E-state index in [0.29, 0.717) is 30.7 Å². The fraction of sp³-hybridized carbons (Fsp3) is 0.636. The fourth-order valence-corrected chi connectivity index (χ4v) is 4.86. The zero-order valence-corrected chi connectivity index (χ0v) is 17.7. The molecule has 2 amide bonds. The first-order valence-corrected chi connectivity index (χ1v) is 10.5. The van der Waals surface area contributed by atoms with Gasteiger partial charge in [0, 0.05) is 25.3 Å². The lowest BCUT2D eigenvalue weighted by atomic mass is 9.92. The molecule has 0 saturated carbocycles. The second-order valence-electron chi connectivity index (χ2n) is 8.66. The molecule has 0 bridgehead atoms. The molecule has 1 N–H and O–H groups in total. The molecule has 1 aromatic carbocycles. The summed E-state index contributed by atoms with van der Waals surface area (Å²) in [6, 6.07) is 8.20. The van der Waals surface area contributed by atoms with Gasteiger partial charge in [-0.3, -0.25) is 9.59 Å². The van der Waals surface area contributed by atoms with Crippen LogP contribution < -0.4 is 10.2 Å². The molecule has 0 radical (unpaired) electrons. The van der Waals surface area contributed by atoms with Crippen molar-refractivity contribution >= 4 is 29.9 Å². The average molecular weight is 406 g/mol. The minimum atomic E-state index is -0.495. The zero-order valence-electron chi connectivity index (χ0n) is 16.9. The molecule has 3 aliphatic rings. The number of amides is 2. The zero-order chi connectivity index (χ0) is 19.0. The molecule has 6 heteroatoms. The lowest BCUT2D eigenvalue weighted by molar-refractivity contribution is -0.139. The molecule has 0 aromatic heterocycles. The van der Waals surface area contributed by atoms with Crippen LogP contribution in [0.25, 0.3) is 0 Å². The molecule has 3 saturated heterocycles. The number of halogens is 1. The Balaban J connectivity index is 0.00000225. The molecule has 0 aliphatic carbocycles. The number of hydrogen-bond acceptors (Lipinski definition) is 3. The number of carbonyl (C=O) groups excluding carboxylic acids is 2. The Morgan fingerprint density at radius 2 is 1.61 bits per heavy atom. The summed E-state index contributed by atoms with van der Waals surface area (Å²) in [4.78, 5) is 29.8. The molecule has 5 nitrogen and oxygen atoms in total. The smallest absolute Gasteiger partial charge is 0.239 e. The Kier molecular flexibility index (Phi) is 6.66. The third kappa shape index (κ3) is 4.06. The summed E-state index contributed by atoms with van der Waals surface area (Å²) >= 11 is 0. The topological polar surface area (TPSA) is 52.7 Å². The van der Waals surface area contributed by atoms with E-state index in [2.05, 4.69) is 31.3 Å². The SMILES string of the molecule is CC(C)c1ccc(N2CCC(C(=O)N3CC[C@@H]4CNC[C@@H]4CC3)C2=O)cc1.Cl. The number of rotatable bonds is 3. The first kappa shape index (κ1) is 21.1. The third-order valence-corrected chi connectivity index (χ3v) is 6.71. The van der Waals surface area contributed by atoms with Gasteiger partial charge in [-0.1, -0.05) is 26.0 Å². The van der Waals surface area contributed by atoms with Crippen LogP contribution in [-0.2, 0) is 9.59 Å². The molecule has 3 atom stereocenters. The van der Waals surface area contributed by atoms with Crippen LogP contribution in [0.5, 0.6) is 0 Å². The van der Waals surface area contributed by atoms with Crippen LogP contribution in [0, 0.1) is 17.8 Å². The van der Waals surface area contributed by atoms with Gasteiger partial charge in [0.1, 0.15) is 5.92 Å². The van der Waals surface area contributed by atoms with E-state index in [1.54, 1.807) is 4.90 Å². The highest BCUT2D eigenvalue weighted by Crippen LogP contribution is 2.31. The first-order chi connectivity index (χ1) is 13.0. The highest BCUT2D eigenvalue weighted by molar-refractivity contribution is 6.09. The maximum absolute atomic E-state index is 13.1. The quantitative estimate of drug-likeness (QED) is 0.786. The number of anilines is 1. The van der Waals surface area contributed by atoms with Gasteiger partial charge in [0.2, 0.25) is 11.8 Å². The van der Waals surface area contributed by atoms with Crippen molar-refractivity contribution < 1.29 is 9.59 Å². The standard InChI is InChI=1S/C22H31N3O2.ClH/c1-15(2)16-3-5-19(6-4-16)25-12-9-20(22(25)27)21(26)24-10-7-17-13-23-14-18(17)8-11-24;/h3-6,15,17-18,20,23H,7-14H2,1-2H3;1H/t17-,18+,20?;. The first-order valence-electron chi connectivity index (χ1n) is 10.5. The molecule has 3 aliphatic heterocycles. The van der Waals surface area contributed by atoms with Crippen molar-refractivity contribution in [2.24, 2.45) is 17.8 Å². The molecule has 0 spiro atoms. The maximum atomic E-state index is 13.1. The second kappa shape index (κ2) is 8.83. The summed E-state index contributed by atoms with van der Waals surface area (Å²) in [7, 11) is 0. The van der Waals surface area contributed by atoms with Crippen LogP contribution in [0.4, 0.5) is 5.69 Å². The van der Waals surface area contributed by atoms with Gasteiger partial charge in [0.25, 0.3) is 0 Å². The largest absolute Gasteiger partial charge is 0.342 e.